The third-order valence-electron chi connectivity index (χ3n) is 11.4. The number of fused-ring (bicyclic) bond motifs is 6. The molecule has 0 saturated carbocycles. The quantitative estimate of drug-likeness (QED) is 0.151. The lowest BCUT2D eigenvalue weighted by atomic mass is 9.85. The Kier molecular flexibility index (Phi) is 8.19. The number of nitrogens with zero attached hydrogens (tertiary/aromatic N) is 1. The Hall–Kier alpha value is -7.68. The number of benzene rings is 10. The van der Waals surface area contributed by atoms with Crippen molar-refractivity contribution < 1.29 is 4.42 Å². The monoisotopic (exact) mass is 739 g/mol. The van der Waals surface area contributed by atoms with Crippen LogP contribution in [0, 0.1) is 0 Å². The molecule has 0 spiro atoms. The van der Waals surface area contributed by atoms with E-state index in [0.29, 0.717) is 0 Å². The van der Waals surface area contributed by atoms with Gasteiger partial charge in [-0.15, -0.1) is 0 Å². The third kappa shape index (κ3) is 5.91. The summed E-state index contributed by atoms with van der Waals surface area (Å²) < 4.78 is 6.49. The number of rotatable bonds is 7. The average Bonchev–Trinajstić information content (AvgIpc) is 3.68. The summed E-state index contributed by atoms with van der Waals surface area (Å²) in [5.74, 6) is 0. The number of anilines is 3. The lowest BCUT2D eigenvalue weighted by Crippen LogP contribution is -2.11. The first-order chi connectivity index (χ1) is 28.7. The second kappa shape index (κ2) is 14.1. The van der Waals surface area contributed by atoms with Gasteiger partial charge < -0.3 is 9.32 Å². The Morgan fingerprint density at radius 1 is 0.276 bits per heavy atom. The van der Waals surface area contributed by atoms with Crippen LogP contribution >= 0.6 is 0 Å². The highest BCUT2D eigenvalue weighted by Crippen LogP contribution is 2.47. The van der Waals surface area contributed by atoms with E-state index >= 15 is 0 Å². The summed E-state index contributed by atoms with van der Waals surface area (Å²) in [6, 6.07) is 80.9. The maximum Gasteiger partial charge on any atom is 0.137 e. The van der Waals surface area contributed by atoms with Crippen LogP contribution < -0.4 is 4.90 Å². The predicted molar refractivity (Wildman–Crippen MR) is 245 cm³/mol. The molecule has 1 heterocycles. The van der Waals surface area contributed by atoms with Crippen LogP contribution in [0.15, 0.2) is 229 Å². The summed E-state index contributed by atoms with van der Waals surface area (Å²) in [5.41, 5.74) is 14.2. The highest BCUT2D eigenvalue weighted by atomic mass is 16.3. The van der Waals surface area contributed by atoms with Gasteiger partial charge in [0.25, 0.3) is 0 Å². The van der Waals surface area contributed by atoms with E-state index in [9.17, 15) is 0 Å². The third-order valence-corrected chi connectivity index (χ3v) is 11.4. The first kappa shape index (κ1) is 33.6. The smallest absolute Gasteiger partial charge is 0.137 e. The zero-order valence-electron chi connectivity index (χ0n) is 31.7. The molecule has 272 valence electrons. The van der Waals surface area contributed by atoms with Gasteiger partial charge in [-0.2, -0.15) is 0 Å². The van der Waals surface area contributed by atoms with Crippen molar-refractivity contribution in [3.8, 4) is 44.5 Å². The van der Waals surface area contributed by atoms with Crippen molar-refractivity contribution in [2.75, 3.05) is 4.90 Å². The summed E-state index contributed by atoms with van der Waals surface area (Å²) in [7, 11) is 0. The molecule has 0 fully saturated rings. The molecule has 0 radical (unpaired) electrons. The second-order valence-electron chi connectivity index (χ2n) is 14.9. The molecular weight excluding hydrogens is 703 g/mol. The molecule has 58 heavy (non-hydrogen) atoms. The molecular formula is C56H37NO. The van der Waals surface area contributed by atoms with E-state index in [2.05, 4.69) is 217 Å². The van der Waals surface area contributed by atoms with Gasteiger partial charge in [-0.05, 0) is 115 Å². The Labute approximate surface area is 337 Å². The van der Waals surface area contributed by atoms with Crippen molar-refractivity contribution in [2.45, 2.75) is 0 Å². The molecule has 0 amide bonds. The summed E-state index contributed by atoms with van der Waals surface area (Å²) in [4.78, 5) is 2.37. The molecule has 0 atom stereocenters. The normalized spacial score (nSPS) is 11.4. The van der Waals surface area contributed by atoms with Crippen LogP contribution in [-0.4, -0.2) is 0 Å². The largest absolute Gasteiger partial charge is 0.456 e. The highest BCUT2D eigenvalue weighted by molar-refractivity contribution is 6.10. The van der Waals surface area contributed by atoms with Gasteiger partial charge in [-0.1, -0.05) is 170 Å². The standard InChI is InChI=1S/C56H37NO/c1-4-14-38(15-5-1)39-26-29-45(30-27-39)57(46-31-33-51-50-22-12-13-23-54(50)58-55(51)37-46)47-35-52(40-16-6-2-7-17-40)56(53(36-47)41-18-8-3-9-19-41)44-28-32-49-43(34-44)25-24-42-20-10-11-21-48(42)49/h1-37H. The Balaban J connectivity index is 1.18. The molecule has 0 aliphatic rings. The fourth-order valence-electron chi connectivity index (χ4n) is 8.66. The van der Waals surface area contributed by atoms with E-state index in [1.54, 1.807) is 0 Å². The zero-order chi connectivity index (χ0) is 38.4. The summed E-state index contributed by atoms with van der Waals surface area (Å²) in [6.07, 6.45) is 0. The maximum atomic E-state index is 6.49. The van der Waals surface area contributed by atoms with Gasteiger partial charge in [0.1, 0.15) is 11.2 Å². The molecule has 0 aliphatic carbocycles. The molecule has 2 heteroatoms. The Morgan fingerprint density at radius 3 is 1.48 bits per heavy atom. The minimum absolute atomic E-state index is 0.858. The van der Waals surface area contributed by atoms with Gasteiger partial charge >= 0.3 is 0 Å². The van der Waals surface area contributed by atoms with Crippen molar-refractivity contribution in [3.05, 3.63) is 224 Å². The minimum atomic E-state index is 0.858. The van der Waals surface area contributed by atoms with Crippen molar-refractivity contribution in [1.82, 2.24) is 0 Å². The first-order valence-corrected chi connectivity index (χ1v) is 19.8. The van der Waals surface area contributed by atoms with Gasteiger partial charge in [-0.3, -0.25) is 0 Å². The fourth-order valence-corrected chi connectivity index (χ4v) is 8.66. The highest BCUT2D eigenvalue weighted by Gasteiger charge is 2.22. The predicted octanol–water partition coefficient (Wildman–Crippen LogP) is 16.0. The summed E-state index contributed by atoms with van der Waals surface area (Å²) in [6.45, 7) is 0. The minimum Gasteiger partial charge on any atom is -0.456 e. The molecule has 11 rings (SSSR count). The van der Waals surface area contributed by atoms with Gasteiger partial charge in [0, 0.05) is 33.9 Å². The van der Waals surface area contributed by atoms with Crippen LogP contribution in [-0.2, 0) is 0 Å². The number of para-hydroxylation sites is 1. The van der Waals surface area contributed by atoms with Gasteiger partial charge in [-0.25, -0.2) is 0 Å². The van der Waals surface area contributed by atoms with Crippen molar-refractivity contribution in [1.29, 1.82) is 0 Å². The van der Waals surface area contributed by atoms with Crippen molar-refractivity contribution in [2.24, 2.45) is 0 Å². The van der Waals surface area contributed by atoms with Crippen LogP contribution in [0.4, 0.5) is 17.1 Å². The van der Waals surface area contributed by atoms with E-state index in [-0.39, 0.29) is 0 Å². The maximum absolute atomic E-state index is 6.49. The van der Waals surface area contributed by atoms with E-state index in [1.165, 1.54) is 43.8 Å². The Bertz CT molecular complexity index is 3200. The van der Waals surface area contributed by atoms with E-state index in [4.69, 9.17) is 4.42 Å². The van der Waals surface area contributed by atoms with E-state index < -0.39 is 0 Å². The molecule has 0 N–H and O–H groups in total. The molecule has 0 bridgehead atoms. The topological polar surface area (TPSA) is 16.4 Å². The van der Waals surface area contributed by atoms with Crippen LogP contribution in [0.5, 0.6) is 0 Å². The molecule has 11 aromatic rings. The summed E-state index contributed by atoms with van der Waals surface area (Å²) >= 11 is 0. The van der Waals surface area contributed by atoms with Crippen molar-refractivity contribution in [3.63, 3.8) is 0 Å². The van der Waals surface area contributed by atoms with Crippen LogP contribution in [0.25, 0.3) is 88.0 Å². The average molecular weight is 740 g/mol. The number of hydrogen-bond donors (Lipinski definition) is 0. The van der Waals surface area contributed by atoms with Gasteiger partial charge in [0.2, 0.25) is 0 Å². The molecule has 10 aromatic carbocycles. The lowest BCUT2D eigenvalue weighted by molar-refractivity contribution is 0.669. The van der Waals surface area contributed by atoms with Crippen LogP contribution in [0.1, 0.15) is 0 Å². The molecule has 0 aliphatic heterocycles. The molecule has 2 nitrogen and oxygen atoms in total. The van der Waals surface area contributed by atoms with Crippen LogP contribution in [0.3, 0.4) is 0 Å². The van der Waals surface area contributed by atoms with E-state index in [0.717, 1.165) is 61.3 Å². The second-order valence-corrected chi connectivity index (χ2v) is 14.9. The SMILES string of the molecule is c1ccc(-c2ccc(N(c3cc(-c4ccccc4)c(-c4ccc5c(ccc6ccccc65)c4)c(-c4ccccc4)c3)c3ccc4c(c3)oc3ccccc34)cc2)cc1. The van der Waals surface area contributed by atoms with E-state index in [1.807, 2.05) is 12.1 Å². The van der Waals surface area contributed by atoms with Gasteiger partial charge in [0.05, 0.1) is 0 Å². The van der Waals surface area contributed by atoms with Gasteiger partial charge in [0.15, 0.2) is 0 Å². The molecule has 0 saturated heterocycles. The number of furan rings is 1. The zero-order valence-corrected chi connectivity index (χ0v) is 31.7. The van der Waals surface area contributed by atoms with Crippen LogP contribution in [0.2, 0.25) is 0 Å². The number of hydrogen-bond acceptors (Lipinski definition) is 2. The molecule has 1 aromatic heterocycles. The van der Waals surface area contributed by atoms with Crippen molar-refractivity contribution >= 4 is 60.5 Å². The lowest BCUT2D eigenvalue weighted by Gasteiger charge is -2.28. The molecule has 0 unspecified atom stereocenters. The first-order valence-electron chi connectivity index (χ1n) is 19.8. The fraction of sp³-hybridized carbons (Fsp3) is 0. The Morgan fingerprint density at radius 2 is 0.776 bits per heavy atom. The summed E-state index contributed by atoms with van der Waals surface area (Å²) in [5, 5.41) is 7.22.